The van der Waals surface area contributed by atoms with Crippen molar-refractivity contribution < 1.29 is 4.79 Å². The van der Waals surface area contributed by atoms with Crippen LogP contribution in [0.3, 0.4) is 0 Å². The summed E-state index contributed by atoms with van der Waals surface area (Å²) >= 11 is 0. The molecule has 0 spiro atoms. The third kappa shape index (κ3) is 3.70. The smallest absolute Gasteiger partial charge is 0.225 e. The summed E-state index contributed by atoms with van der Waals surface area (Å²) in [4.78, 5) is 14.4. The number of amides is 1. The van der Waals surface area contributed by atoms with E-state index >= 15 is 0 Å². The number of nitrogens with zero attached hydrogens (tertiary/aromatic N) is 1. The van der Waals surface area contributed by atoms with Gasteiger partial charge in [0.1, 0.15) is 0 Å². The van der Waals surface area contributed by atoms with Crippen LogP contribution in [0.25, 0.3) is 0 Å². The van der Waals surface area contributed by atoms with Crippen molar-refractivity contribution in [3.63, 3.8) is 0 Å². The summed E-state index contributed by atoms with van der Waals surface area (Å²) in [6.07, 6.45) is 6.79. The molecule has 3 nitrogen and oxygen atoms in total. The minimum Gasteiger partial charge on any atom is -0.343 e. The Kier molecular flexibility index (Phi) is 5.96. The number of hydrogen-bond donors (Lipinski definition) is 1. The number of nitrogens with two attached hydrogens (primary N) is 1. The summed E-state index contributed by atoms with van der Waals surface area (Å²) in [5.41, 5.74) is 5.80. The molecule has 0 aromatic heterocycles. The van der Waals surface area contributed by atoms with E-state index in [2.05, 4.69) is 13.8 Å². The zero-order valence-electron chi connectivity index (χ0n) is 11.6. The normalized spacial score (nSPS) is 26.6. The molecule has 1 rings (SSSR count). The highest BCUT2D eigenvalue weighted by molar-refractivity contribution is 5.79. The molecule has 3 atom stereocenters. The van der Waals surface area contributed by atoms with E-state index in [4.69, 9.17) is 5.73 Å². The molecule has 0 bridgehead atoms. The van der Waals surface area contributed by atoms with E-state index < -0.39 is 0 Å². The molecule has 0 aromatic carbocycles. The lowest BCUT2D eigenvalue weighted by molar-refractivity contribution is -0.139. The van der Waals surface area contributed by atoms with Gasteiger partial charge in [-0.15, -0.1) is 0 Å². The van der Waals surface area contributed by atoms with Gasteiger partial charge in [0.2, 0.25) is 5.91 Å². The third-order valence-corrected chi connectivity index (χ3v) is 4.24. The first-order valence-corrected chi connectivity index (χ1v) is 7.08. The van der Waals surface area contributed by atoms with Gasteiger partial charge in [0, 0.05) is 19.0 Å². The molecule has 1 amide bonds. The second kappa shape index (κ2) is 7.00. The van der Waals surface area contributed by atoms with Crippen LogP contribution in [0.1, 0.15) is 52.4 Å². The van der Waals surface area contributed by atoms with E-state index in [9.17, 15) is 4.79 Å². The fraction of sp³-hybridized carbons (Fsp3) is 0.929. The standard InChI is InChI=1S/C14H28N2O/c1-4-7-11(2)16(3)14(17)13-9-6-5-8-12(13)10-15/h11-13H,4-10,15H2,1-3H3. The third-order valence-electron chi connectivity index (χ3n) is 4.24. The molecule has 3 unspecified atom stereocenters. The highest BCUT2D eigenvalue weighted by Crippen LogP contribution is 2.31. The maximum Gasteiger partial charge on any atom is 0.225 e. The molecular formula is C14H28N2O. The van der Waals surface area contributed by atoms with Crippen LogP contribution in [0.15, 0.2) is 0 Å². The van der Waals surface area contributed by atoms with Crippen LogP contribution in [0.4, 0.5) is 0 Å². The van der Waals surface area contributed by atoms with Gasteiger partial charge in [-0.1, -0.05) is 26.2 Å². The van der Waals surface area contributed by atoms with Crippen LogP contribution in [-0.4, -0.2) is 30.4 Å². The van der Waals surface area contributed by atoms with E-state index in [-0.39, 0.29) is 5.92 Å². The minimum atomic E-state index is 0.179. The summed E-state index contributed by atoms with van der Waals surface area (Å²) in [5.74, 6) is 0.909. The topological polar surface area (TPSA) is 46.3 Å². The molecule has 1 aliphatic rings. The van der Waals surface area contributed by atoms with Gasteiger partial charge in [-0.05, 0) is 38.6 Å². The van der Waals surface area contributed by atoms with Crippen molar-refractivity contribution in [1.82, 2.24) is 4.90 Å². The first-order chi connectivity index (χ1) is 8.11. The molecule has 17 heavy (non-hydrogen) atoms. The van der Waals surface area contributed by atoms with Crippen LogP contribution >= 0.6 is 0 Å². The second-order valence-corrected chi connectivity index (χ2v) is 5.47. The van der Waals surface area contributed by atoms with E-state index in [0.29, 0.717) is 24.4 Å². The minimum absolute atomic E-state index is 0.179. The second-order valence-electron chi connectivity index (χ2n) is 5.47. The first kappa shape index (κ1) is 14.5. The molecule has 0 aromatic rings. The van der Waals surface area contributed by atoms with Crippen molar-refractivity contribution >= 4 is 5.91 Å². The lowest BCUT2D eigenvalue weighted by Crippen LogP contribution is -2.44. The number of hydrogen-bond acceptors (Lipinski definition) is 2. The van der Waals surface area contributed by atoms with Gasteiger partial charge in [-0.2, -0.15) is 0 Å². The Morgan fingerprint density at radius 2 is 2.06 bits per heavy atom. The van der Waals surface area contributed by atoms with E-state index in [0.717, 1.165) is 25.7 Å². The molecule has 1 aliphatic carbocycles. The van der Waals surface area contributed by atoms with Crippen LogP contribution in [0.5, 0.6) is 0 Å². The van der Waals surface area contributed by atoms with Crippen molar-refractivity contribution in [1.29, 1.82) is 0 Å². The Hall–Kier alpha value is -0.570. The summed E-state index contributed by atoms with van der Waals surface area (Å²) in [6, 6.07) is 0.354. The maximum atomic E-state index is 12.5. The number of rotatable bonds is 5. The Labute approximate surface area is 106 Å². The molecule has 100 valence electrons. The van der Waals surface area contributed by atoms with Crippen LogP contribution in [-0.2, 0) is 4.79 Å². The highest BCUT2D eigenvalue weighted by Gasteiger charge is 2.32. The van der Waals surface area contributed by atoms with Gasteiger partial charge in [-0.3, -0.25) is 4.79 Å². The van der Waals surface area contributed by atoms with E-state index in [1.165, 1.54) is 12.8 Å². The zero-order valence-corrected chi connectivity index (χ0v) is 11.6. The molecular weight excluding hydrogens is 212 g/mol. The van der Waals surface area contributed by atoms with Crippen LogP contribution in [0, 0.1) is 11.8 Å². The largest absolute Gasteiger partial charge is 0.343 e. The Bertz CT molecular complexity index is 242. The summed E-state index contributed by atoms with van der Waals surface area (Å²) in [5, 5.41) is 0. The average molecular weight is 240 g/mol. The predicted octanol–water partition coefficient (Wildman–Crippen LogP) is 2.40. The molecule has 2 N–H and O–H groups in total. The van der Waals surface area contributed by atoms with Crippen molar-refractivity contribution in [2.75, 3.05) is 13.6 Å². The molecule has 0 saturated heterocycles. The molecule has 1 fully saturated rings. The lowest BCUT2D eigenvalue weighted by atomic mass is 9.78. The van der Waals surface area contributed by atoms with E-state index in [1.54, 1.807) is 0 Å². The number of carbonyl (C=O) groups is 1. The van der Waals surface area contributed by atoms with Crippen molar-refractivity contribution in [3.8, 4) is 0 Å². The van der Waals surface area contributed by atoms with Crippen molar-refractivity contribution in [2.24, 2.45) is 17.6 Å². The molecule has 1 saturated carbocycles. The van der Waals surface area contributed by atoms with Crippen molar-refractivity contribution in [3.05, 3.63) is 0 Å². The quantitative estimate of drug-likeness (QED) is 0.802. The summed E-state index contributed by atoms with van der Waals surface area (Å²) < 4.78 is 0. The van der Waals surface area contributed by atoms with Crippen LogP contribution < -0.4 is 5.73 Å². The lowest BCUT2D eigenvalue weighted by Gasteiger charge is -2.35. The van der Waals surface area contributed by atoms with Crippen molar-refractivity contribution in [2.45, 2.75) is 58.4 Å². The zero-order chi connectivity index (χ0) is 12.8. The Balaban J connectivity index is 2.60. The first-order valence-electron chi connectivity index (χ1n) is 7.08. The van der Waals surface area contributed by atoms with Gasteiger partial charge >= 0.3 is 0 Å². The Morgan fingerprint density at radius 3 is 2.65 bits per heavy atom. The van der Waals surface area contributed by atoms with Gasteiger partial charge in [0.25, 0.3) is 0 Å². The SMILES string of the molecule is CCCC(C)N(C)C(=O)C1CCCCC1CN. The molecule has 3 heteroatoms. The van der Waals surface area contributed by atoms with Gasteiger partial charge in [0.05, 0.1) is 0 Å². The van der Waals surface area contributed by atoms with Gasteiger partial charge in [0.15, 0.2) is 0 Å². The summed E-state index contributed by atoms with van der Waals surface area (Å²) in [7, 11) is 1.95. The fourth-order valence-corrected chi connectivity index (χ4v) is 2.91. The van der Waals surface area contributed by atoms with Gasteiger partial charge < -0.3 is 10.6 Å². The molecule has 0 aliphatic heterocycles. The van der Waals surface area contributed by atoms with E-state index in [1.807, 2.05) is 11.9 Å². The van der Waals surface area contributed by atoms with Crippen LogP contribution in [0.2, 0.25) is 0 Å². The number of carbonyl (C=O) groups excluding carboxylic acids is 1. The average Bonchev–Trinajstić information content (AvgIpc) is 2.37. The molecule has 0 heterocycles. The highest BCUT2D eigenvalue weighted by atomic mass is 16.2. The monoisotopic (exact) mass is 240 g/mol. The van der Waals surface area contributed by atoms with Gasteiger partial charge in [-0.25, -0.2) is 0 Å². The summed E-state index contributed by atoms with van der Waals surface area (Å²) in [6.45, 7) is 4.96. The predicted molar refractivity (Wildman–Crippen MR) is 71.6 cm³/mol. The Morgan fingerprint density at radius 1 is 1.41 bits per heavy atom. The molecule has 0 radical (unpaired) electrons. The fourth-order valence-electron chi connectivity index (χ4n) is 2.91. The maximum absolute atomic E-state index is 12.5.